The predicted octanol–water partition coefficient (Wildman–Crippen LogP) is 2.34. The average Bonchev–Trinajstić information content (AvgIpc) is 2.82. The van der Waals surface area contributed by atoms with Crippen molar-refractivity contribution in [1.82, 2.24) is 10.1 Å². The van der Waals surface area contributed by atoms with Crippen LogP contribution in [0.1, 0.15) is 17.4 Å². The average molecular weight is 268 g/mol. The molecule has 0 fully saturated rings. The van der Waals surface area contributed by atoms with Gasteiger partial charge in [0, 0.05) is 17.7 Å². The van der Waals surface area contributed by atoms with Crippen LogP contribution in [0.3, 0.4) is 0 Å². The van der Waals surface area contributed by atoms with E-state index in [1.54, 1.807) is 7.11 Å². The first-order chi connectivity index (χ1) is 8.63. The fraction of sp³-hybridized carbons (Fsp3) is 0.333. The lowest BCUT2D eigenvalue weighted by atomic mass is 10.1. The van der Waals surface area contributed by atoms with Gasteiger partial charge in [0.2, 0.25) is 0 Å². The van der Waals surface area contributed by atoms with Gasteiger partial charge in [0.15, 0.2) is 5.82 Å². The summed E-state index contributed by atoms with van der Waals surface area (Å²) in [7, 11) is 1.57. The third kappa shape index (κ3) is 2.53. The van der Waals surface area contributed by atoms with Crippen LogP contribution >= 0.6 is 11.6 Å². The Balaban J connectivity index is 2.32. The van der Waals surface area contributed by atoms with Gasteiger partial charge in [0.25, 0.3) is 5.89 Å². The van der Waals surface area contributed by atoms with Gasteiger partial charge in [0.1, 0.15) is 0 Å². The molecule has 0 spiro atoms. The molecule has 0 aliphatic heterocycles. The van der Waals surface area contributed by atoms with Crippen LogP contribution in [0.15, 0.2) is 22.7 Å². The summed E-state index contributed by atoms with van der Waals surface area (Å²) in [5.74, 6) is 0.836. The smallest absolute Gasteiger partial charge is 0.258 e. The van der Waals surface area contributed by atoms with Crippen molar-refractivity contribution >= 4 is 11.6 Å². The number of hydrogen-bond donors (Lipinski definition) is 1. The highest BCUT2D eigenvalue weighted by molar-refractivity contribution is 6.31. The van der Waals surface area contributed by atoms with Crippen molar-refractivity contribution in [3.8, 4) is 11.5 Å². The van der Waals surface area contributed by atoms with Crippen molar-refractivity contribution in [1.29, 1.82) is 0 Å². The summed E-state index contributed by atoms with van der Waals surface area (Å²) < 4.78 is 10.1. The lowest BCUT2D eigenvalue weighted by molar-refractivity contribution is 0.177. The molecule has 0 bridgehead atoms. The minimum absolute atomic E-state index is 0.341. The summed E-state index contributed by atoms with van der Waals surface area (Å²) in [6, 6.07) is 5.13. The topological polar surface area (TPSA) is 74.2 Å². The first-order valence-corrected chi connectivity index (χ1v) is 5.85. The molecular weight excluding hydrogens is 254 g/mol. The van der Waals surface area contributed by atoms with Crippen molar-refractivity contribution in [2.24, 2.45) is 5.73 Å². The lowest BCUT2D eigenvalue weighted by Gasteiger charge is -2.04. The number of nitrogens with zero attached hydrogens (tertiary/aromatic N) is 2. The van der Waals surface area contributed by atoms with Gasteiger partial charge in [-0.25, -0.2) is 0 Å². The molecule has 2 N–H and O–H groups in total. The Morgan fingerprint density at radius 3 is 3.00 bits per heavy atom. The molecule has 1 aromatic carbocycles. The quantitative estimate of drug-likeness (QED) is 0.920. The van der Waals surface area contributed by atoms with Crippen LogP contribution in [-0.2, 0) is 4.74 Å². The fourth-order valence-corrected chi connectivity index (χ4v) is 1.76. The molecule has 0 radical (unpaired) electrons. The molecule has 1 heterocycles. The highest BCUT2D eigenvalue weighted by atomic mass is 35.5. The summed E-state index contributed by atoms with van der Waals surface area (Å²) in [5.41, 5.74) is 7.54. The molecule has 1 aromatic heterocycles. The van der Waals surface area contributed by atoms with Crippen molar-refractivity contribution in [2.45, 2.75) is 13.0 Å². The van der Waals surface area contributed by atoms with Gasteiger partial charge in [-0.2, -0.15) is 4.98 Å². The number of hydrogen-bond acceptors (Lipinski definition) is 5. The normalized spacial score (nSPS) is 12.7. The molecule has 96 valence electrons. The van der Waals surface area contributed by atoms with Crippen LogP contribution in [0.25, 0.3) is 11.5 Å². The van der Waals surface area contributed by atoms with Crippen LogP contribution in [-0.4, -0.2) is 23.9 Å². The molecule has 0 saturated carbocycles. The number of methoxy groups -OCH3 is 1. The van der Waals surface area contributed by atoms with E-state index in [4.69, 9.17) is 26.6 Å². The van der Waals surface area contributed by atoms with Crippen molar-refractivity contribution in [3.05, 3.63) is 34.6 Å². The largest absolute Gasteiger partial charge is 0.383 e. The van der Waals surface area contributed by atoms with Crippen molar-refractivity contribution in [3.63, 3.8) is 0 Å². The molecule has 0 aliphatic rings. The summed E-state index contributed by atoms with van der Waals surface area (Å²) >= 11 is 6.05. The molecular formula is C12H14ClN3O2. The molecule has 0 amide bonds. The fourth-order valence-electron chi connectivity index (χ4n) is 1.59. The Labute approximate surface area is 110 Å². The molecule has 6 heteroatoms. The molecule has 1 unspecified atom stereocenters. The van der Waals surface area contributed by atoms with E-state index in [0.29, 0.717) is 23.3 Å². The SMILES string of the molecule is COCC(N)c1noc(-c2cccc(Cl)c2C)n1. The van der Waals surface area contributed by atoms with Gasteiger partial charge in [-0.3, -0.25) is 0 Å². The van der Waals surface area contributed by atoms with E-state index in [-0.39, 0.29) is 0 Å². The van der Waals surface area contributed by atoms with Gasteiger partial charge in [-0.05, 0) is 24.6 Å². The molecule has 0 aliphatic carbocycles. The van der Waals surface area contributed by atoms with Gasteiger partial charge < -0.3 is 15.0 Å². The molecule has 0 saturated heterocycles. The van der Waals surface area contributed by atoms with E-state index < -0.39 is 6.04 Å². The van der Waals surface area contributed by atoms with Gasteiger partial charge in [0.05, 0.1) is 12.6 Å². The number of nitrogens with two attached hydrogens (primary N) is 1. The maximum absolute atomic E-state index is 6.05. The second-order valence-electron chi connectivity index (χ2n) is 3.93. The van der Waals surface area contributed by atoms with Crippen molar-refractivity contribution < 1.29 is 9.26 Å². The third-order valence-electron chi connectivity index (χ3n) is 2.62. The number of halogens is 1. The molecule has 5 nitrogen and oxygen atoms in total. The summed E-state index contributed by atoms with van der Waals surface area (Å²) in [5, 5.41) is 4.51. The minimum atomic E-state index is -0.396. The van der Waals surface area contributed by atoms with Crippen LogP contribution in [0.4, 0.5) is 0 Å². The van der Waals surface area contributed by atoms with Gasteiger partial charge >= 0.3 is 0 Å². The van der Waals surface area contributed by atoms with Crippen LogP contribution < -0.4 is 5.73 Å². The number of rotatable bonds is 4. The van der Waals surface area contributed by atoms with E-state index in [1.807, 2.05) is 25.1 Å². The Morgan fingerprint density at radius 1 is 1.50 bits per heavy atom. The van der Waals surface area contributed by atoms with E-state index in [9.17, 15) is 0 Å². The summed E-state index contributed by atoms with van der Waals surface area (Å²) in [4.78, 5) is 4.26. The summed E-state index contributed by atoms with van der Waals surface area (Å²) in [6.45, 7) is 2.24. The second-order valence-corrected chi connectivity index (χ2v) is 4.34. The number of aromatic nitrogens is 2. The predicted molar refractivity (Wildman–Crippen MR) is 68.3 cm³/mol. The maximum atomic E-state index is 6.05. The second kappa shape index (κ2) is 5.48. The number of benzene rings is 1. The van der Waals surface area contributed by atoms with Crippen LogP contribution in [0.5, 0.6) is 0 Å². The van der Waals surface area contributed by atoms with Crippen LogP contribution in [0.2, 0.25) is 5.02 Å². The van der Waals surface area contributed by atoms with E-state index in [2.05, 4.69) is 10.1 Å². The highest BCUT2D eigenvalue weighted by Gasteiger charge is 2.16. The maximum Gasteiger partial charge on any atom is 0.258 e. The van der Waals surface area contributed by atoms with Gasteiger partial charge in [-0.15, -0.1) is 0 Å². The Hall–Kier alpha value is -1.43. The van der Waals surface area contributed by atoms with E-state index in [1.165, 1.54) is 0 Å². The highest BCUT2D eigenvalue weighted by Crippen LogP contribution is 2.27. The zero-order valence-electron chi connectivity index (χ0n) is 10.2. The first kappa shape index (κ1) is 13.0. The zero-order valence-corrected chi connectivity index (χ0v) is 10.9. The molecule has 2 aromatic rings. The Bertz CT molecular complexity index is 542. The van der Waals surface area contributed by atoms with Crippen molar-refractivity contribution in [2.75, 3.05) is 13.7 Å². The zero-order chi connectivity index (χ0) is 13.1. The van der Waals surface area contributed by atoms with Gasteiger partial charge in [-0.1, -0.05) is 22.8 Å². The standard InChI is InChI=1S/C12H14ClN3O2/c1-7-8(4-3-5-9(7)13)12-15-11(16-18-12)10(14)6-17-2/h3-5,10H,6,14H2,1-2H3. The molecule has 18 heavy (non-hydrogen) atoms. The van der Waals surface area contributed by atoms with E-state index >= 15 is 0 Å². The molecule has 1 atom stereocenters. The minimum Gasteiger partial charge on any atom is -0.383 e. The lowest BCUT2D eigenvalue weighted by Crippen LogP contribution is -2.17. The Morgan fingerprint density at radius 2 is 2.28 bits per heavy atom. The first-order valence-electron chi connectivity index (χ1n) is 5.47. The number of ether oxygens (including phenoxy) is 1. The van der Waals surface area contributed by atoms with E-state index in [0.717, 1.165) is 11.1 Å². The Kier molecular flexibility index (Phi) is 3.96. The molecule has 2 rings (SSSR count). The third-order valence-corrected chi connectivity index (χ3v) is 3.03. The monoisotopic (exact) mass is 267 g/mol. The van der Waals surface area contributed by atoms with Crippen LogP contribution in [0, 0.1) is 6.92 Å². The summed E-state index contributed by atoms with van der Waals surface area (Å²) in [6.07, 6.45) is 0.